The zero-order valence-corrected chi connectivity index (χ0v) is 11.7. The fraction of sp³-hybridized carbons (Fsp3) is 0.625. The summed E-state index contributed by atoms with van der Waals surface area (Å²) < 4.78 is 6.21. The van der Waals surface area contributed by atoms with Crippen molar-refractivity contribution in [2.24, 2.45) is 0 Å². The number of ether oxygens (including phenoxy) is 1. The molecule has 0 aliphatic heterocycles. The van der Waals surface area contributed by atoms with Gasteiger partial charge in [0.15, 0.2) is 0 Å². The lowest BCUT2D eigenvalue weighted by molar-refractivity contribution is 0.184. The van der Waals surface area contributed by atoms with Crippen LogP contribution in [0.2, 0.25) is 0 Å². The van der Waals surface area contributed by atoms with Crippen LogP contribution in [0.5, 0.6) is 5.75 Å². The third-order valence-corrected chi connectivity index (χ3v) is 3.86. The van der Waals surface area contributed by atoms with Crippen molar-refractivity contribution < 1.29 is 9.84 Å². The van der Waals surface area contributed by atoms with Gasteiger partial charge < -0.3 is 9.84 Å². The summed E-state index contributed by atoms with van der Waals surface area (Å²) in [6.45, 7) is 6.06. The first-order valence-corrected chi connectivity index (χ1v) is 7.01. The maximum Gasteiger partial charge on any atom is 0.126 e. The van der Waals surface area contributed by atoms with Crippen LogP contribution in [0.1, 0.15) is 49.3 Å². The number of benzene rings is 1. The molecule has 1 saturated carbocycles. The number of rotatable bonds is 4. The standard InChI is InChI=1S/C16H24O2/c1-11-8-9-14(10-12(2)17)16(13(11)3)18-15-6-4-5-7-15/h8-9,12,15,17H,4-7,10H2,1-3H3. The van der Waals surface area contributed by atoms with E-state index in [4.69, 9.17) is 4.74 Å². The summed E-state index contributed by atoms with van der Waals surface area (Å²) >= 11 is 0. The molecule has 0 saturated heterocycles. The Bertz CT molecular complexity index is 404. The predicted octanol–water partition coefficient (Wildman–Crippen LogP) is 3.55. The van der Waals surface area contributed by atoms with Gasteiger partial charge in [0, 0.05) is 6.42 Å². The summed E-state index contributed by atoms with van der Waals surface area (Å²) in [7, 11) is 0. The van der Waals surface area contributed by atoms with Gasteiger partial charge in [-0.25, -0.2) is 0 Å². The van der Waals surface area contributed by atoms with Gasteiger partial charge in [0.2, 0.25) is 0 Å². The highest BCUT2D eigenvalue weighted by Crippen LogP contribution is 2.32. The fourth-order valence-corrected chi connectivity index (χ4v) is 2.66. The Morgan fingerprint density at radius 2 is 1.94 bits per heavy atom. The minimum Gasteiger partial charge on any atom is -0.490 e. The summed E-state index contributed by atoms with van der Waals surface area (Å²) in [4.78, 5) is 0. The fourth-order valence-electron chi connectivity index (χ4n) is 2.66. The second kappa shape index (κ2) is 5.75. The molecule has 1 atom stereocenters. The molecule has 1 aromatic carbocycles. The first kappa shape index (κ1) is 13.4. The van der Waals surface area contributed by atoms with Crippen molar-refractivity contribution in [1.82, 2.24) is 0 Å². The highest BCUT2D eigenvalue weighted by atomic mass is 16.5. The Kier molecular flexibility index (Phi) is 4.28. The van der Waals surface area contributed by atoms with Crippen LogP contribution in [0.3, 0.4) is 0 Å². The van der Waals surface area contributed by atoms with Crippen molar-refractivity contribution in [2.45, 2.75) is 65.1 Å². The summed E-state index contributed by atoms with van der Waals surface area (Å²) in [5.41, 5.74) is 3.62. The van der Waals surface area contributed by atoms with Gasteiger partial charge in [0.25, 0.3) is 0 Å². The monoisotopic (exact) mass is 248 g/mol. The molecule has 0 amide bonds. The van der Waals surface area contributed by atoms with E-state index in [9.17, 15) is 5.11 Å². The average Bonchev–Trinajstić information content (AvgIpc) is 2.81. The molecule has 1 fully saturated rings. The Balaban J connectivity index is 2.25. The molecule has 2 nitrogen and oxygen atoms in total. The summed E-state index contributed by atoms with van der Waals surface area (Å²) in [6, 6.07) is 4.22. The van der Waals surface area contributed by atoms with Gasteiger partial charge >= 0.3 is 0 Å². The van der Waals surface area contributed by atoms with Crippen molar-refractivity contribution >= 4 is 0 Å². The summed E-state index contributed by atoms with van der Waals surface area (Å²) in [5.74, 6) is 1.02. The molecular weight excluding hydrogens is 224 g/mol. The molecule has 1 unspecified atom stereocenters. The number of hydrogen-bond acceptors (Lipinski definition) is 2. The maximum atomic E-state index is 9.60. The predicted molar refractivity (Wildman–Crippen MR) is 74.2 cm³/mol. The number of aliphatic hydroxyl groups excluding tert-OH is 1. The van der Waals surface area contributed by atoms with E-state index in [-0.39, 0.29) is 6.10 Å². The van der Waals surface area contributed by atoms with Crippen LogP contribution in [0.15, 0.2) is 12.1 Å². The Labute approximate surface area is 110 Å². The van der Waals surface area contributed by atoms with E-state index < -0.39 is 0 Å². The van der Waals surface area contributed by atoms with Crippen LogP contribution in [-0.4, -0.2) is 17.3 Å². The van der Waals surface area contributed by atoms with Crippen LogP contribution >= 0.6 is 0 Å². The van der Waals surface area contributed by atoms with Crippen molar-refractivity contribution in [2.75, 3.05) is 0 Å². The quantitative estimate of drug-likeness (QED) is 0.883. The van der Waals surface area contributed by atoms with Crippen molar-refractivity contribution in [3.8, 4) is 5.75 Å². The highest BCUT2D eigenvalue weighted by molar-refractivity contribution is 5.45. The van der Waals surface area contributed by atoms with Gasteiger partial charge in [0.1, 0.15) is 5.75 Å². The third-order valence-electron chi connectivity index (χ3n) is 3.86. The van der Waals surface area contributed by atoms with Gasteiger partial charge in [-0.2, -0.15) is 0 Å². The van der Waals surface area contributed by atoms with E-state index in [0.717, 1.165) is 11.3 Å². The molecule has 0 heterocycles. The van der Waals surface area contributed by atoms with E-state index in [1.807, 2.05) is 6.92 Å². The van der Waals surface area contributed by atoms with E-state index in [2.05, 4.69) is 26.0 Å². The van der Waals surface area contributed by atoms with Gasteiger partial charge in [-0.3, -0.25) is 0 Å². The van der Waals surface area contributed by atoms with Gasteiger partial charge in [-0.05, 0) is 63.1 Å². The van der Waals surface area contributed by atoms with E-state index in [1.54, 1.807) is 0 Å². The molecule has 2 heteroatoms. The topological polar surface area (TPSA) is 29.5 Å². The lowest BCUT2D eigenvalue weighted by Crippen LogP contribution is -2.15. The zero-order valence-electron chi connectivity index (χ0n) is 11.7. The molecule has 18 heavy (non-hydrogen) atoms. The molecule has 1 aromatic rings. The second-order valence-electron chi connectivity index (χ2n) is 5.57. The molecule has 1 aliphatic rings. The van der Waals surface area contributed by atoms with Crippen LogP contribution in [0.4, 0.5) is 0 Å². The molecule has 0 spiro atoms. The average molecular weight is 248 g/mol. The lowest BCUT2D eigenvalue weighted by Gasteiger charge is -2.20. The van der Waals surface area contributed by atoms with Gasteiger partial charge in [-0.1, -0.05) is 12.1 Å². The third kappa shape index (κ3) is 3.05. The minimum absolute atomic E-state index is 0.321. The number of aryl methyl sites for hydroxylation is 1. The largest absolute Gasteiger partial charge is 0.490 e. The lowest BCUT2D eigenvalue weighted by atomic mass is 10.0. The molecule has 0 bridgehead atoms. The maximum absolute atomic E-state index is 9.60. The minimum atomic E-state index is -0.321. The Morgan fingerprint density at radius 1 is 1.28 bits per heavy atom. The molecule has 1 aliphatic carbocycles. The van der Waals surface area contributed by atoms with Gasteiger partial charge in [0.05, 0.1) is 12.2 Å². The summed E-state index contributed by atoms with van der Waals surface area (Å²) in [6.07, 6.45) is 5.62. The Morgan fingerprint density at radius 3 is 2.56 bits per heavy atom. The van der Waals surface area contributed by atoms with Crippen LogP contribution in [0.25, 0.3) is 0 Å². The first-order chi connectivity index (χ1) is 8.58. The number of hydrogen-bond donors (Lipinski definition) is 1. The van der Waals surface area contributed by atoms with Crippen LogP contribution < -0.4 is 4.74 Å². The molecule has 1 N–H and O–H groups in total. The van der Waals surface area contributed by atoms with Crippen LogP contribution in [0, 0.1) is 13.8 Å². The summed E-state index contributed by atoms with van der Waals surface area (Å²) in [5, 5.41) is 9.60. The van der Waals surface area contributed by atoms with Crippen LogP contribution in [-0.2, 0) is 6.42 Å². The van der Waals surface area contributed by atoms with E-state index >= 15 is 0 Å². The smallest absolute Gasteiger partial charge is 0.126 e. The van der Waals surface area contributed by atoms with E-state index in [1.165, 1.54) is 36.8 Å². The molecule has 2 rings (SSSR count). The first-order valence-electron chi connectivity index (χ1n) is 7.01. The van der Waals surface area contributed by atoms with Gasteiger partial charge in [-0.15, -0.1) is 0 Å². The molecule has 0 aromatic heterocycles. The molecule has 0 radical (unpaired) electrons. The second-order valence-corrected chi connectivity index (χ2v) is 5.57. The molecular formula is C16H24O2. The number of aliphatic hydroxyl groups is 1. The van der Waals surface area contributed by atoms with E-state index in [0.29, 0.717) is 12.5 Å². The van der Waals surface area contributed by atoms with Crippen molar-refractivity contribution in [3.05, 3.63) is 28.8 Å². The zero-order chi connectivity index (χ0) is 13.1. The SMILES string of the molecule is Cc1ccc(CC(C)O)c(OC2CCCC2)c1C. The highest BCUT2D eigenvalue weighted by Gasteiger charge is 2.20. The van der Waals surface area contributed by atoms with Crippen molar-refractivity contribution in [1.29, 1.82) is 0 Å². The van der Waals surface area contributed by atoms with Crippen molar-refractivity contribution in [3.63, 3.8) is 0 Å². The normalized spacial score (nSPS) is 18.0. The molecule has 100 valence electrons. The Hall–Kier alpha value is -1.02.